The van der Waals surface area contributed by atoms with E-state index in [9.17, 15) is 4.79 Å². The maximum absolute atomic E-state index is 12.9. The van der Waals surface area contributed by atoms with Gasteiger partial charge in [-0.3, -0.25) is 0 Å². The average Bonchev–Trinajstić information content (AvgIpc) is 2.79. The minimum absolute atomic E-state index is 0.0574. The van der Waals surface area contributed by atoms with Crippen LogP contribution in [0.5, 0.6) is 0 Å². The first-order chi connectivity index (χ1) is 15.8. The highest BCUT2D eigenvalue weighted by molar-refractivity contribution is 6.30. The molecule has 0 saturated carbocycles. The van der Waals surface area contributed by atoms with E-state index in [0.29, 0.717) is 13.1 Å². The number of nitrogens with one attached hydrogen (secondary N) is 1. The maximum Gasteiger partial charge on any atom is 0.321 e. The Morgan fingerprint density at radius 1 is 0.970 bits per heavy atom. The highest BCUT2D eigenvalue weighted by atomic mass is 35.5. The number of anilines is 2. The molecule has 1 aliphatic heterocycles. The SMILES string of the molecule is Cc1ccc(NC(=O)N2CCN(c3nc(C)nc(C)c3Cc3ccc(Cl)cc3)CC2)c(C)c1. The zero-order valence-electron chi connectivity index (χ0n) is 19.7. The molecule has 0 spiro atoms. The lowest BCUT2D eigenvalue weighted by molar-refractivity contribution is 0.208. The van der Waals surface area contributed by atoms with Crippen molar-refractivity contribution in [1.82, 2.24) is 14.9 Å². The first-order valence-electron chi connectivity index (χ1n) is 11.3. The molecule has 6 nitrogen and oxygen atoms in total. The molecule has 0 unspecified atom stereocenters. The Morgan fingerprint density at radius 2 is 1.67 bits per heavy atom. The highest BCUT2D eigenvalue weighted by Crippen LogP contribution is 2.26. The highest BCUT2D eigenvalue weighted by Gasteiger charge is 2.25. The van der Waals surface area contributed by atoms with E-state index in [1.54, 1.807) is 0 Å². The molecule has 1 N–H and O–H groups in total. The molecule has 4 rings (SSSR count). The number of hydrogen-bond donors (Lipinski definition) is 1. The number of aryl methyl sites for hydroxylation is 4. The van der Waals surface area contributed by atoms with Crippen molar-refractivity contribution in [2.75, 3.05) is 36.4 Å². The van der Waals surface area contributed by atoms with Crippen LogP contribution in [0.15, 0.2) is 42.5 Å². The molecule has 3 aromatic rings. The number of benzene rings is 2. The monoisotopic (exact) mass is 463 g/mol. The number of halogens is 1. The topological polar surface area (TPSA) is 61.4 Å². The van der Waals surface area contributed by atoms with Crippen molar-refractivity contribution in [3.8, 4) is 0 Å². The number of amides is 2. The van der Waals surface area contributed by atoms with Crippen molar-refractivity contribution in [2.45, 2.75) is 34.1 Å². The third kappa shape index (κ3) is 5.45. The van der Waals surface area contributed by atoms with Gasteiger partial charge in [0.2, 0.25) is 0 Å². The molecule has 172 valence electrons. The second-order valence-corrected chi connectivity index (χ2v) is 9.12. The van der Waals surface area contributed by atoms with Crippen LogP contribution in [-0.2, 0) is 6.42 Å². The van der Waals surface area contributed by atoms with Crippen LogP contribution in [0.3, 0.4) is 0 Å². The number of carbonyl (C=O) groups is 1. The molecule has 2 amide bonds. The zero-order valence-corrected chi connectivity index (χ0v) is 20.4. The van der Waals surface area contributed by atoms with Gasteiger partial charge in [-0.1, -0.05) is 41.4 Å². The van der Waals surface area contributed by atoms with Crippen LogP contribution in [0.4, 0.5) is 16.3 Å². The number of aromatic nitrogens is 2. The first kappa shape index (κ1) is 23.1. The van der Waals surface area contributed by atoms with E-state index >= 15 is 0 Å². The Morgan fingerprint density at radius 3 is 2.33 bits per heavy atom. The molecule has 0 bridgehead atoms. The second-order valence-electron chi connectivity index (χ2n) is 8.68. The van der Waals surface area contributed by atoms with Gasteiger partial charge in [-0.15, -0.1) is 0 Å². The van der Waals surface area contributed by atoms with Crippen LogP contribution in [-0.4, -0.2) is 47.1 Å². The van der Waals surface area contributed by atoms with E-state index in [4.69, 9.17) is 16.6 Å². The summed E-state index contributed by atoms with van der Waals surface area (Å²) in [4.78, 5) is 26.4. The van der Waals surface area contributed by atoms with Crippen LogP contribution < -0.4 is 10.2 Å². The van der Waals surface area contributed by atoms with Crippen molar-refractivity contribution in [1.29, 1.82) is 0 Å². The lowest BCUT2D eigenvalue weighted by atomic mass is 10.0. The first-order valence-corrected chi connectivity index (χ1v) is 11.6. The van der Waals surface area contributed by atoms with Crippen LogP contribution in [0.2, 0.25) is 5.02 Å². The Hall–Kier alpha value is -3.12. The Labute approximate surface area is 200 Å². The molecule has 2 aromatic carbocycles. The fraction of sp³-hybridized carbons (Fsp3) is 0.346. The smallest absolute Gasteiger partial charge is 0.321 e. The van der Waals surface area contributed by atoms with Gasteiger partial charge < -0.3 is 15.1 Å². The van der Waals surface area contributed by atoms with E-state index in [-0.39, 0.29) is 6.03 Å². The predicted octanol–water partition coefficient (Wildman–Crippen LogP) is 5.31. The number of urea groups is 1. The molecular formula is C26H30ClN5O. The van der Waals surface area contributed by atoms with Gasteiger partial charge in [-0.2, -0.15) is 0 Å². The van der Waals surface area contributed by atoms with Gasteiger partial charge in [0, 0.05) is 54.6 Å². The lowest BCUT2D eigenvalue weighted by Crippen LogP contribution is -2.50. The summed E-state index contributed by atoms with van der Waals surface area (Å²) in [5.74, 6) is 1.72. The summed E-state index contributed by atoms with van der Waals surface area (Å²) in [6.45, 7) is 10.8. The minimum Gasteiger partial charge on any atom is -0.353 e. The summed E-state index contributed by atoms with van der Waals surface area (Å²) < 4.78 is 0. The third-order valence-corrected chi connectivity index (χ3v) is 6.34. The van der Waals surface area contributed by atoms with Gasteiger partial charge >= 0.3 is 6.03 Å². The van der Waals surface area contributed by atoms with Gasteiger partial charge in [-0.25, -0.2) is 14.8 Å². The molecule has 33 heavy (non-hydrogen) atoms. The van der Waals surface area contributed by atoms with Crippen molar-refractivity contribution in [3.63, 3.8) is 0 Å². The average molecular weight is 464 g/mol. The fourth-order valence-corrected chi connectivity index (χ4v) is 4.39. The fourth-order valence-electron chi connectivity index (χ4n) is 4.26. The van der Waals surface area contributed by atoms with Crippen LogP contribution in [0.1, 0.15) is 33.8 Å². The van der Waals surface area contributed by atoms with E-state index in [1.807, 2.05) is 62.1 Å². The molecule has 7 heteroatoms. The quantitative estimate of drug-likeness (QED) is 0.569. The van der Waals surface area contributed by atoms with Gasteiger partial charge in [0.1, 0.15) is 11.6 Å². The van der Waals surface area contributed by atoms with Gasteiger partial charge in [0.25, 0.3) is 0 Å². The maximum atomic E-state index is 12.9. The van der Waals surface area contributed by atoms with E-state index in [0.717, 1.165) is 58.7 Å². The summed E-state index contributed by atoms with van der Waals surface area (Å²) in [6, 6.07) is 13.9. The number of carbonyl (C=O) groups excluding carboxylic acids is 1. The second kappa shape index (κ2) is 9.79. The van der Waals surface area contributed by atoms with Crippen molar-refractivity contribution < 1.29 is 4.79 Å². The van der Waals surface area contributed by atoms with E-state index in [2.05, 4.69) is 28.2 Å². The molecular weight excluding hydrogens is 434 g/mol. The Kier molecular flexibility index (Phi) is 6.84. The van der Waals surface area contributed by atoms with E-state index in [1.165, 1.54) is 11.1 Å². The summed E-state index contributed by atoms with van der Waals surface area (Å²) in [6.07, 6.45) is 0.742. The number of piperazine rings is 1. The van der Waals surface area contributed by atoms with Crippen molar-refractivity contribution >= 4 is 29.1 Å². The predicted molar refractivity (Wildman–Crippen MR) is 134 cm³/mol. The normalized spacial score (nSPS) is 13.8. The summed E-state index contributed by atoms with van der Waals surface area (Å²) in [7, 11) is 0. The number of hydrogen-bond acceptors (Lipinski definition) is 4. The lowest BCUT2D eigenvalue weighted by Gasteiger charge is -2.36. The van der Waals surface area contributed by atoms with Crippen molar-refractivity contribution in [3.05, 3.63) is 81.3 Å². The summed E-state index contributed by atoms with van der Waals surface area (Å²) in [5.41, 5.74) is 6.39. The summed E-state index contributed by atoms with van der Waals surface area (Å²) in [5, 5.41) is 3.79. The standard InChI is InChI=1S/C26H30ClN5O/c1-17-5-10-24(18(2)15-17)30-26(33)32-13-11-31(12-14-32)25-23(19(3)28-20(4)29-25)16-21-6-8-22(27)9-7-21/h5-10,15H,11-14,16H2,1-4H3,(H,30,33). The molecule has 2 heterocycles. The molecule has 0 radical (unpaired) electrons. The van der Waals surface area contributed by atoms with E-state index < -0.39 is 0 Å². The molecule has 1 fully saturated rings. The van der Waals surface area contributed by atoms with Gasteiger partial charge in [-0.05, 0) is 57.0 Å². The number of rotatable bonds is 4. The Balaban J connectivity index is 1.46. The molecule has 1 aromatic heterocycles. The third-order valence-electron chi connectivity index (χ3n) is 6.09. The molecule has 0 atom stereocenters. The zero-order chi connectivity index (χ0) is 23.5. The summed E-state index contributed by atoms with van der Waals surface area (Å²) >= 11 is 6.06. The van der Waals surface area contributed by atoms with Crippen LogP contribution >= 0.6 is 11.6 Å². The van der Waals surface area contributed by atoms with Crippen LogP contribution in [0, 0.1) is 27.7 Å². The van der Waals surface area contributed by atoms with Crippen LogP contribution in [0.25, 0.3) is 0 Å². The van der Waals surface area contributed by atoms with Gasteiger partial charge in [0.05, 0.1) is 0 Å². The molecule has 0 aliphatic carbocycles. The van der Waals surface area contributed by atoms with Gasteiger partial charge in [0.15, 0.2) is 0 Å². The number of nitrogens with zero attached hydrogens (tertiary/aromatic N) is 4. The molecule has 1 aliphatic rings. The largest absolute Gasteiger partial charge is 0.353 e. The van der Waals surface area contributed by atoms with Crippen molar-refractivity contribution in [2.24, 2.45) is 0 Å². The Bertz CT molecular complexity index is 1150. The minimum atomic E-state index is -0.0574. The molecule has 1 saturated heterocycles.